The zero-order valence-electron chi connectivity index (χ0n) is 11.2. The Labute approximate surface area is 118 Å². The lowest BCUT2D eigenvalue weighted by molar-refractivity contribution is 0.116. The molecule has 1 aromatic carbocycles. The first-order valence-electron chi connectivity index (χ1n) is 7.03. The first-order valence-corrected chi connectivity index (χ1v) is 7.03. The van der Waals surface area contributed by atoms with Gasteiger partial charge in [-0.1, -0.05) is 43.2 Å². The van der Waals surface area contributed by atoms with Gasteiger partial charge in [0.05, 0.1) is 24.0 Å². The van der Waals surface area contributed by atoms with Crippen molar-refractivity contribution in [3.05, 3.63) is 36.5 Å². The Kier molecular flexibility index (Phi) is 3.87. The number of benzene rings is 1. The van der Waals surface area contributed by atoms with Crippen molar-refractivity contribution < 1.29 is 5.11 Å². The summed E-state index contributed by atoms with van der Waals surface area (Å²) >= 11 is 0. The van der Waals surface area contributed by atoms with Crippen molar-refractivity contribution in [2.24, 2.45) is 0 Å². The summed E-state index contributed by atoms with van der Waals surface area (Å²) in [4.78, 5) is 4.48. The summed E-state index contributed by atoms with van der Waals surface area (Å²) in [6, 6.07) is 9.91. The molecule has 0 saturated heterocycles. The van der Waals surface area contributed by atoms with Gasteiger partial charge in [0, 0.05) is 5.56 Å². The molecule has 1 aliphatic carbocycles. The summed E-state index contributed by atoms with van der Waals surface area (Å²) in [6.07, 6.45) is 5.32. The van der Waals surface area contributed by atoms with Crippen LogP contribution >= 0.6 is 0 Å². The second-order valence-corrected chi connectivity index (χ2v) is 5.13. The standard InChI is InChI=1S/C15H18N4O/c20-14-9-5-4-8-12(14)17-15-18-13(10-16-19-15)11-6-2-1-3-7-11/h1-3,6-7,10,12,14,20H,4-5,8-9H2,(H,17,18,19)/t12-,14-/m1/s1. The molecule has 1 heterocycles. The van der Waals surface area contributed by atoms with E-state index in [0.717, 1.165) is 36.9 Å². The van der Waals surface area contributed by atoms with Gasteiger partial charge in [0.2, 0.25) is 5.95 Å². The Balaban J connectivity index is 1.78. The molecule has 2 atom stereocenters. The van der Waals surface area contributed by atoms with Crippen molar-refractivity contribution in [1.29, 1.82) is 0 Å². The molecule has 0 aliphatic heterocycles. The van der Waals surface area contributed by atoms with E-state index in [2.05, 4.69) is 20.5 Å². The molecule has 0 spiro atoms. The normalized spacial score (nSPS) is 22.4. The summed E-state index contributed by atoms with van der Waals surface area (Å²) in [5.74, 6) is 0.484. The van der Waals surface area contributed by atoms with Crippen LogP contribution in [-0.4, -0.2) is 32.4 Å². The topological polar surface area (TPSA) is 70.9 Å². The lowest BCUT2D eigenvalue weighted by Gasteiger charge is -2.28. The van der Waals surface area contributed by atoms with Crippen LogP contribution in [0.15, 0.2) is 36.5 Å². The van der Waals surface area contributed by atoms with E-state index in [1.54, 1.807) is 6.20 Å². The van der Waals surface area contributed by atoms with Crippen LogP contribution < -0.4 is 5.32 Å². The molecule has 104 valence electrons. The molecule has 0 amide bonds. The maximum Gasteiger partial charge on any atom is 0.243 e. The number of aliphatic hydroxyl groups excluding tert-OH is 1. The monoisotopic (exact) mass is 270 g/mol. The van der Waals surface area contributed by atoms with E-state index in [1.807, 2.05) is 30.3 Å². The van der Waals surface area contributed by atoms with E-state index in [4.69, 9.17) is 0 Å². The SMILES string of the molecule is O[C@@H]1CCCC[C@H]1Nc1nncc(-c2ccccc2)n1. The number of aromatic nitrogens is 3. The molecule has 1 saturated carbocycles. The minimum atomic E-state index is -0.326. The van der Waals surface area contributed by atoms with E-state index in [-0.39, 0.29) is 12.1 Å². The number of anilines is 1. The van der Waals surface area contributed by atoms with Gasteiger partial charge in [-0.05, 0) is 12.8 Å². The average molecular weight is 270 g/mol. The van der Waals surface area contributed by atoms with Gasteiger partial charge in [-0.3, -0.25) is 0 Å². The lowest BCUT2D eigenvalue weighted by Crippen LogP contribution is -2.36. The summed E-state index contributed by atoms with van der Waals surface area (Å²) in [5.41, 5.74) is 1.79. The molecule has 5 heteroatoms. The number of rotatable bonds is 3. The van der Waals surface area contributed by atoms with Gasteiger partial charge < -0.3 is 10.4 Å². The molecular formula is C15H18N4O. The second kappa shape index (κ2) is 5.96. The smallest absolute Gasteiger partial charge is 0.243 e. The second-order valence-electron chi connectivity index (χ2n) is 5.13. The minimum absolute atomic E-state index is 0.0246. The van der Waals surface area contributed by atoms with Crippen LogP contribution in [0.25, 0.3) is 11.3 Å². The van der Waals surface area contributed by atoms with Gasteiger partial charge in [-0.25, -0.2) is 4.98 Å². The van der Waals surface area contributed by atoms with Crippen molar-refractivity contribution in [2.75, 3.05) is 5.32 Å². The largest absolute Gasteiger partial charge is 0.391 e. The molecule has 1 fully saturated rings. The van der Waals surface area contributed by atoms with E-state index in [9.17, 15) is 5.11 Å². The molecular weight excluding hydrogens is 252 g/mol. The highest BCUT2D eigenvalue weighted by molar-refractivity contribution is 5.58. The van der Waals surface area contributed by atoms with Crippen LogP contribution in [0, 0.1) is 0 Å². The molecule has 0 unspecified atom stereocenters. The average Bonchev–Trinajstić information content (AvgIpc) is 2.51. The highest BCUT2D eigenvalue weighted by Crippen LogP contribution is 2.22. The summed E-state index contributed by atoms with van der Waals surface area (Å²) in [7, 11) is 0. The van der Waals surface area contributed by atoms with Crippen LogP contribution in [0.2, 0.25) is 0 Å². The van der Waals surface area contributed by atoms with Crippen LogP contribution in [0.3, 0.4) is 0 Å². The first kappa shape index (κ1) is 13.0. The molecule has 5 nitrogen and oxygen atoms in total. The third kappa shape index (κ3) is 2.93. The Hall–Kier alpha value is -2.01. The van der Waals surface area contributed by atoms with E-state index in [0.29, 0.717) is 5.95 Å². The van der Waals surface area contributed by atoms with E-state index < -0.39 is 0 Å². The van der Waals surface area contributed by atoms with Gasteiger partial charge in [-0.15, -0.1) is 5.10 Å². The fourth-order valence-electron chi connectivity index (χ4n) is 2.56. The van der Waals surface area contributed by atoms with Crippen LogP contribution in [-0.2, 0) is 0 Å². The Bertz CT molecular complexity index is 561. The Morgan fingerprint density at radius 3 is 2.70 bits per heavy atom. The van der Waals surface area contributed by atoms with Crippen LogP contribution in [0.4, 0.5) is 5.95 Å². The number of nitrogens with zero attached hydrogens (tertiary/aromatic N) is 3. The number of hydrogen-bond acceptors (Lipinski definition) is 5. The Morgan fingerprint density at radius 2 is 1.90 bits per heavy atom. The predicted octanol–water partition coefficient (Wildman–Crippen LogP) is 2.25. The zero-order valence-corrected chi connectivity index (χ0v) is 11.2. The first-order chi connectivity index (χ1) is 9.83. The third-order valence-electron chi connectivity index (χ3n) is 3.67. The quantitative estimate of drug-likeness (QED) is 0.895. The third-order valence-corrected chi connectivity index (χ3v) is 3.67. The summed E-state index contributed by atoms with van der Waals surface area (Å²) in [5, 5.41) is 21.2. The van der Waals surface area contributed by atoms with Gasteiger partial charge in [-0.2, -0.15) is 5.10 Å². The molecule has 0 bridgehead atoms. The highest BCUT2D eigenvalue weighted by Gasteiger charge is 2.23. The van der Waals surface area contributed by atoms with Crippen molar-refractivity contribution in [1.82, 2.24) is 15.2 Å². The molecule has 20 heavy (non-hydrogen) atoms. The van der Waals surface area contributed by atoms with Crippen molar-refractivity contribution in [2.45, 2.75) is 37.8 Å². The highest BCUT2D eigenvalue weighted by atomic mass is 16.3. The molecule has 2 N–H and O–H groups in total. The molecule has 3 rings (SSSR count). The van der Waals surface area contributed by atoms with Crippen molar-refractivity contribution in [3.63, 3.8) is 0 Å². The summed E-state index contributed by atoms with van der Waals surface area (Å²) in [6.45, 7) is 0. The molecule has 1 aromatic heterocycles. The van der Waals surface area contributed by atoms with Gasteiger partial charge >= 0.3 is 0 Å². The Morgan fingerprint density at radius 1 is 1.10 bits per heavy atom. The van der Waals surface area contributed by atoms with Crippen LogP contribution in [0.1, 0.15) is 25.7 Å². The lowest BCUT2D eigenvalue weighted by atomic mass is 9.93. The van der Waals surface area contributed by atoms with Crippen molar-refractivity contribution in [3.8, 4) is 11.3 Å². The van der Waals surface area contributed by atoms with Crippen molar-refractivity contribution >= 4 is 5.95 Å². The molecule has 0 radical (unpaired) electrons. The number of nitrogens with one attached hydrogen (secondary N) is 1. The van der Waals surface area contributed by atoms with E-state index in [1.165, 1.54) is 0 Å². The van der Waals surface area contributed by atoms with E-state index >= 15 is 0 Å². The predicted molar refractivity (Wildman–Crippen MR) is 77.1 cm³/mol. The number of aliphatic hydroxyl groups is 1. The van der Waals surface area contributed by atoms with Gasteiger partial charge in [0.15, 0.2) is 0 Å². The van der Waals surface area contributed by atoms with Gasteiger partial charge in [0.1, 0.15) is 0 Å². The maximum absolute atomic E-state index is 9.98. The maximum atomic E-state index is 9.98. The zero-order chi connectivity index (χ0) is 13.8. The number of hydrogen-bond donors (Lipinski definition) is 2. The van der Waals surface area contributed by atoms with Gasteiger partial charge in [0.25, 0.3) is 0 Å². The summed E-state index contributed by atoms with van der Waals surface area (Å²) < 4.78 is 0. The molecule has 1 aliphatic rings. The fraction of sp³-hybridized carbons (Fsp3) is 0.400. The minimum Gasteiger partial charge on any atom is -0.391 e. The molecule has 2 aromatic rings. The van der Waals surface area contributed by atoms with Crippen LogP contribution in [0.5, 0.6) is 0 Å². The fourth-order valence-corrected chi connectivity index (χ4v) is 2.56.